The van der Waals surface area contributed by atoms with Gasteiger partial charge in [0.25, 0.3) is 0 Å². The zero-order chi connectivity index (χ0) is 14.7. The summed E-state index contributed by atoms with van der Waals surface area (Å²) in [5.74, 6) is 0.600. The molecule has 2 nitrogen and oxygen atoms in total. The van der Waals surface area contributed by atoms with Crippen molar-refractivity contribution < 1.29 is 9.13 Å². The van der Waals surface area contributed by atoms with Crippen molar-refractivity contribution in [3.8, 4) is 11.5 Å². The van der Waals surface area contributed by atoms with Gasteiger partial charge in [-0.05, 0) is 57.1 Å². The average Bonchev–Trinajstić information content (AvgIpc) is 2.44. The van der Waals surface area contributed by atoms with Crippen LogP contribution in [0.3, 0.4) is 0 Å². The minimum Gasteiger partial charge on any atom is -0.454 e. The molecule has 0 spiro atoms. The molecule has 106 valence electrons. The first-order chi connectivity index (χ1) is 9.52. The van der Waals surface area contributed by atoms with E-state index in [2.05, 4.69) is 5.32 Å². The molecule has 0 aliphatic heterocycles. The first-order valence-corrected chi connectivity index (χ1v) is 6.73. The van der Waals surface area contributed by atoms with Crippen LogP contribution in [0, 0.1) is 19.7 Å². The normalized spacial score (nSPS) is 12.2. The molecular formula is C17H20FNO. The van der Waals surface area contributed by atoms with Crippen LogP contribution in [0.4, 0.5) is 4.39 Å². The summed E-state index contributed by atoms with van der Waals surface area (Å²) in [4.78, 5) is 0. The summed E-state index contributed by atoms with van der Waals surface area (Å²) in [6.45, 7) is 6.03. The average molecular weight is 273 g/mol. The lowest BCUT2D eigenvalue weighted by molar-refractivity contribution is 0.428. The summed E-state index contributed by atoms with van der Waals surface area (Å²) >= 11 is 0. The number of aryl methyl sites for hydroxylation is 2. The lowest BCUT2D eigenvalue weighted by Gasteiger charge is -2.17. The fourth-order valence-electron chi connectivity index (χ4n) is 2.02. The number of benzene rings is 2. The van der Waals surface area contributed by atoms with Gasteiger partial charge in [-0.2, -0.15) is 0 Å². The van der Waals surface area contributed by atoms with Crippen LogP contribution in [0.1, 0.15) is 29.7 Å². The van der Waals surface area contributed by atoms with E-state index in [1.165, 1.54) is 11.6 Å². The molecule has 0 aliphatic carbocycles. The topological polar surface area (TPSA) is 21.3 Å². The molecule has 0 aromatic heterocycles. The summed E-state index contributed by atoms with van der Waals surface area (Å²) in [7, 11) is 1.84. The van der Waals surface area contributed by atoms with Crippen molar-refractivity contribution >= 4 is 0 Å². The van der Waals surface area contributed by atoms with Gasteiger partial charge in [0.1, 0.15) is 5.75 Å². The van der Waals surface area contributed by atoms with Crippen molar-refractivity contribution in [3.05, 3.63) is 58.9 Å². The van der Waals surface area contributed by atoms with E-state index in [1.54, 1.807) is 6.07 Å². The molecule has 2 rings (SSSR count). The standard InChI is InChI=1S/C17H20FNO/c1-11-8-9-14(10-12(11)2)20-17-15(13(3)19-4)6-5-7-16(17)18/h5-10,13,19H,1-4H3. The Morgan fingerprint density at radius 1 is 1.10 bits per heavy atom. The number of hydrogen-bond acceptors (Lipinski definition) is 2. The number of ether oxygens (including phenoxy) is 1. The second-order valence-corrected chi connectivity index (χ2v) is 5.02. The maximum Gasteiger partial charge on any atom is 0.167 e. The predicted octanol–water partition coefficient (Wildman–Crippen LogP) is 4.52. The van der Waals surface area contributed by atoms with E-state index in [1.807, 2.05) is 52.1 Å². The van der Waals surface area contributed by atoms with Gasteiger partial charge in [-0.25, -0.2) is 4.39 Å². The minimum atomic E-state index is -0.345. The fraction of sp³-hybridized carbons (Fsp3) is 0.294. The monoisotopic (exact) mass is 273 g/mol. The van der Waals surface area contributed by atoms with Crippen LogP contribution < -0.4 is 10.1 Å². The highest BCUT2D eigenvalue weighted by Crippen LogP contribution is 2.32. The Kier molecular flexibility index (Phi) is 4.40. The van der Waals surface area contributed by atoms with Gasteiger partial charge in [-0.3, -0.25) is 0 Å². The molecular weight excluding hydrogens is 253 g/mol. The minimum absolute atomic E-state index is 0.0206. The second-order valence-electron chi connectivity index (χ2n) is 5.02. The van der Waals surface area contributed by atoms with Gasteiger partial charge in [0.2, 0.25) is 0 Å². The summed E-state index contributed by atoms with van der Waals surface area (Å²) in [5.41, 5.74) is 3.13. The number of hydrogen-bond donors (Lipinski definition) is 1. The number of nitrogens with one attached hydrogen (secondary N) is 1. The molecule has 2 aromatic rings. The van der Waals surface area contributed by atoms with E-state index in [0.717, 1.165) is 11.1 Å². The molecule has 1 unspecified atom stereocenters. The van der Waals surface area contributed by atoms with Crippen LogP contribution in [-0.4, -0.2) is 7.05 Å². The van der Waals surface area contributed by atoms with E-state index in [4.69, 9.17) is 4.74 Å². The highest BCUT2D eigenvalue weighted by Gasteiger charge is 2.15. The van der Waals surface area contributed by atoms with Gasteiger partial charge < -0.3 is 10.1 Å². The van der Waals surface area contributed by atoms with E-state index in [-0.39, 0.29) is 17.6 Å². The van der Waals surface area contributed by atoms with Crippen LogP contribution in [0.15, 0.2) is 36.4 Å². The van der Waals surface area contributed by atoms with Crippen LogP contribution in [0.5, 0.6) is 11.5 Å². The third kappa shape index (κ3) is 2.99. The van der Waals surface area contributed by atoms with E-state index >= 15 is 0 Å². The van der Waals surface area contributed by atoms with Crippen LogP contribution >= 0.6 is 0 Å². The smallest absolute Gasteiger partial charge is 0.167 e. The number of halogens is 1. The lowest BCUT2D eigenvalue weighted by Crippen LogP contribution is -2.13. The molecule has 0 radical (unpaired) electrons. The molecule has 0 bridgehead atoms. The molecule has 0 saturated carbocycles. The van der Waals surface area contributed by atoms with Crippen molar-refractivity contribution in [2.24, 2.45) is 0 Å². The Morgan fingerprint density at radius 3 is 2.50 bits per heavy atom. The van der Waals surface area contributed by atoms with Crippen LogP contribution in [0.25, 0.3) is 0 Å². The predicted molar refractivity (Wildman–Crippen MR) is 79.9 cm³/mol. The largest absolute Gasteiger partial charge is 0.454 e. The maximum absolute atomic E-state index is 14.1. The zero-order valence-electron chi connectivity index (χ0n) is 12.3. The molecule has 0 fully saturated rings. The summed E-state index contributed by atoms with van der Waals surface area (Å²) < 4.78 is 19.8. The highest BCUT2D eigenvalue weighted by molar-refractivity contribution is 5.42. The van der Waals surface area contributed by atoms with Crippen molar-refractivity contribution in [1.29, 1.82) is 0 Å². The summed E-state index contributed by atoms with van der Waals surface area (Å²) in [5, 5.41) is 3.11. The van der Waals surface area contributed by atoms with Gasteiger partial charge in [0.05, 0.1) is 0 Å². The van der Waals surface area contributed by atoms with E-state index in [9.17, 15) is 4.39 Å². The SMILES string of the molecule is CNC(C)c1cccc(F)c1Oc1ccc(C)c(C)c1. The highest BCUT2D eigenvalue weighted by atomic mass is 19.1. The van der Waals surface area contributed by atoms with Gasteiger partial charge in [0.15, 0.2) is 11.6 Å². The van der Waals surface area contributed by atoms with Crippen LogP contribution in [-0.2, 0) is 0 Å². The first-order valence-electron chi connectivity index (χ1n) is 6.73. The molecule has 0 heterocycles. The van der Waals surface area contributed by atoms with Crippen molar-refractivity contribution in [3.63, 3.8) is 0 Å². The van der Waals surface area contributed by atoms with Crippen molar-refractivity contribution in [1.82, 2.24) is 5.32 Å². The molecule has 0 amide bonds. The Morgan fingerprint density at radius 2 is 1.85 bits per heavy atom. The molecule has 1 N–H and O–H groups in total. The Bertz CT molecular complexity index is 610. The lowest BCUT2D eigenvalue weighted by atomic mass is 10.1. The third-order valence-corrected chi connectivity index (χ3v) is 3.60. The third-order valence-electron chi connectivity index (χ3n) is 3.60. The Balaban J connectivity index is 2.39. The van der Waals surface area contributed by atoms with Gasteiger partial charge in [-0.1, -0.05) is 18.2 Å². The number of rotatable bonds is 4. The quantitative estimate of drug-likeness (QED) is 0.884. The fourth-order valence-corrected chi connectivity index (χ4v) is 2.02. The molecule has 2 aromatic carbocycles. The van der Waals surface area contributed by atoms with Gasteiger partial charge in [0, 0.05) is 11.6 Å². The number of para-hydroxylation sites is 1. The maximum atomic E-state index is 14.1. The molecule has 1 atom stereocenters. The Hall–Kier alpha value is -1.87. The first kappa shape index (κ1) is 14.5. The molecule has 0 saturated heterocycles. The van der Waals surface area contributed by atoms with E-state index < -0.39 is 0 Å². The summed E-state index contributed by atoms with van der Waals surface area (Å²) in [6.07, 6.45) is 0. The molecule has 3 heteroatoms. The molecule has 0 aliphatic rings. The summed E-state index contributed by atoms with van der Waals surface area (Å²) in [6, 6.07) is 10.8. The van der Waals surface area contributed by atoms with Gasteiger partial charge >= 0.3 is 0 Å². The van der Waals surface area contributed by atoms with Gasteiger partial charge in [-0.15, -0.1) is 0 Å². The Labute approximate surface area is 119 Å². The van der Waals surface area contributed by atoms with Crippen molar-refractivity contribution in [2.45, 2.75) is 26.8 Å². The van der Waals surface area contributed by atoms with E-state index in [0.29, 0.717) is 5.75 Å². The molecule has 20 heavy (non-hydrogen) atoms. The second kappa shape index (κ2) is 6.06. The zero-order valence-corrected chi connectivity index (χ0v) is 12.3. The van der Waals surface area contributed by atoms with Crippen LogP contribution in [0.2, 0.25) is 0 Å². The van der Waals surface area contributed by atoms with Crippen molar-refractivity contribution in [2.75, 3.05) is 7.05 Å².